The van der Waals surface area contributed by atoms with Crippen LogP contribution >= 0.6 is 11.6 Å². The number of benzene rings is 1. The number of hydrogen-bond acceptors (Lipinski definition) is 4. The first-order valence-electron chi connectivity index (χ1n) is 12.2. The number of nitrogens with zero attached hydrogens (tertiary/aromatic N) is 3. The molecule has 2 aromatic rings. The summed E-state index contributed by atoms with van der Waals surface area (Å²) >= 11 is 6.35. The van der Waals surface area contributed by atoms with Gasteiger partial charge >= 0.3 is 5.97 Å². The number of carbonyl (C=O) groups excluding carboxylic acids is 3. The van der Waals surface area contributed by atoms with Gasteiger partial charge in [0.25, 0.3) is 0 Å². The minimum absolute atomic E-state index is 0.00928. The minimum Gasteiger partial charge on any atom is -0.466 e. The molecular weight excluding hydrogens is 466 g/mol. The van der Waals surface area contributed by atoms with Gasteiger partial charge in [0.05, 0.1) is 26.1 Å². The maximum atomic E-state index is 13.4. The van der Waals surface area contributed by atoms with Crippen LogP contribution in [0.25, 0.3) is 0 Å². The van der Waals surface area contributed by atoms with Crippen LogP contribution in [0.5, 0.6) is 0 Å². The molecule has 0 saturated carbocycles. The summed E-state index contributed by atoms with van der Waals surface area (Å²) in [5, 5.41) is 0.705. The van der Waals surface area contributed by atoms with Crippen molar-refractivity contribution in [2.45, 2.75) is 66.6 Å². The molecule has 0 unspecified atom stereocenters. The van der Waals surface area contributed by atoms with Gasteiger partial charge in [0.1, 0.15) is 0 Å². The topological polar surface area (TPSA) is 71.8 Å². The van der Waals surface area contributed by atoms with E-state index in [1.165, 1.54) is 4.90 Å². The van der Waals surface area contributed by atoms with Crippen LogP contribution in [0.2, 0.25) is 5.02 Å². The maximum Gasteiger partial charge on any atom is 0.306 e. The molecule has 1 heterocycles. The van der Waals surface area contributed by atoms with E-state index in [1.807, 2.05) is 56.4 Å². The van der Waals surface area contributed by atoms with Crippen molar-refractivity contribution in [2.24, 2.45) is 5.92 Å². The lowest BCUT2D eigenvalue weighted by Gasteiger charge is -2.31. The predicted octanol–water partition coefficient (Wildman–Crippen LogP) is 4.75. The Morgan fingerprint density at radius 3 is 2.34 bits per heavy atom. The molecule has 0 atom stereocenters. The van der Waals surface area contributed by atoms with Gasteiger partial charge in [-0.25, -0.2) is 0 Å². The second-order valence-electron chi connectivity index (χ2n) is 9.31. The van der Waals surface area contributed by atoms with Gasteiger partial charge in [-0.05, 0) is 50.5 Å². The van der Waals surface area contributed by atoms with Gasteiger partial charge in [-0.15, -0.1) is 0 Å². The highest BCUT2D eigenvalue weighted by atomic mass is 35.5. The number of aromatic nitrogens is 1. The van der Waals surface area contributed by atoms with Crippen LogP contribution in [0.4, 0.5) is 0 Å². The normalized spacial score (nSPS) is 11.1. The Labute approximate surface area is 214 Å². The molecule has 0 fully saturated rings. The minimum atomic E-state index is -0.406. The Morgan fingerprint density at radius 2 is 1.71 bits per heavy atom. The number of ether oxygens (including phenoxy) is 1. The number of carbonyl (C=O) groups is 3. The summed E-state index contributed by atoms with van der Waals surface area (Å²) in [6.07, 6.45) is 2.01. The van der Waals surface area contributed by atoms with Crippen LogP contribution in [0.3, 0.4) is 0 Å². The standard InChI is InChI=1S/C27H38ClN3O4/c1-6-35-27(34)14-13-25(32)31(21(4)5)19-26(33)30(16-20(2)3)18-23-11-9-15-29(23)17-22-10-7-8-12-24(22)28/h7-12,15,20-21H,6,13-14,16-19H2,1-5H3. The molecule has 0 saturated heterocycles. The predicted molar refractivity (Wildman–Crippen MR) is 138 cm³/mol. The second kappa shape index (κ2) is 13.9. The molecule has 0 spiro atoms. The first-order valence-corrected chi connectivity index (χ1v) is 12.6. The molecule has 35 heavy (non-hydrogen) atoms. The first-order chi connectivity index (χ1) is 16.6. The van der Waals surface area contributed by atoms with Crippen LogP contribution < -0.4 is 0 Å². The lowest BCUT2D eigenvalue weighted by molar-refractivity contribution is -0.147. The molecule has 1 aromatic heterocycles. The summed E-state index contributed by atoms with van der Waals surface area (Å²) in [5.74, 6) is -0.495. The zero-order valence-corrected chi connectivity index (χ0v) is 22.3. The molecule has 0 aliphatic carbocycles. The monoisotopic (exact) mass is 503 g/mol. The van der Waals surface area contributed by atoms with Crippen LogP contribution in [-0.2, 0) is 32.2 Å². The van der Waals surface area contributed by atoms with Crippen LogP contribution in [-0.4, -0.2) is 57.9 Å². The van der Waals surface area contributed by atoms with Gasteiger partial charge in [0, 0.05) is 42.5 Å². The SMILES string of the molecule is CCOC(=O)CCC(=O)N(CC(=O)N(Cc1cccn1Cc1ccccc1Cl)CC(C)C)C(C)C. The maximum absolute atomic E-state index is 13.4. The van der Waals surface area contributed by atoms with Crippen molar-refractivity contribution in [3.8, 4) is 0 Å². The smallest absolute Gasteiger partial charge is 0.306 e. The number of halogens is 1. The third-order valence-corrected chi connectivity index (χ3v) is 5.98. The highest BCUT2D eigenvalue weighted by Gasteiger charge is 2.25. The molecule has 0 radical (unpaired) electrons. The highest BCUT2D eigenvalue weighted by molar-refractivity contribution is 6.31. The van der Waals surface area contributed by atoms with Gasteiger partial charge in [-0.3, -0.25) is 14.4 Å². The number of amides is 2. The first kappa shape index (κ1) is 28.4. The second-order valence-corrected chi connectivity index (χ2v) is 9.71. The van der Waals surface area contributed by atoms with Gasteiger partial charge in [0.15, 0.2) is 0 Å². The van der Waals surface area contributed by atoms with Crippen LogP contribution in [0, 0.1) is 5.92 Å². The van der Waals surface area contributed by atoms with Gasteiger partial charge in [-0.2, -0.15) is 0 Å². The van der Waals surface area contributed by atoms with Crippen molar-refractivity contribution in [3.05, 3.63) is 58.9 Å². The summed E-state index contributed by atoms with van der Waals surface area (Å²) < 4.78 is 7.01. The summed E-state index contributed by atoms with van der Waals surface area (Å²) in [5.41, 5.74) is 2.00. The molecular formula is C27H38ClN3O4. The zero-order chi connectivity index (χ0) is 26.0. The Kier molecular flexibility index (Phi) is 11.3. The molecule has 0 N–H and O–H groups in total. The third-order valence-electron chi connectivity index (χ3n) is 5.61. The molecule has 7 nitrogen and oxygen atoms in total. The van der Waals surface area contributed by atoms with Crippen molar-refractivity contribution >= 4 is 29.4 Å². The van der Waals surface area contributed by atoms with Crippen molar-refractivity contribution in [1.82, 2.24) is 14.4 Å². The molecule has 8 heteroatoms. The summed E-state index contributed by atoms with van der Waals surface area (Å²) in [6, 6.07) is 11.5. The molecule has 2 rings (SSSR count). The summed E-state index contributed by atoms with van der Waals surface area (Å²) in [6.45, 7) is 11.5. The number of hydrogen-bond donors (Lipinski definition) is 0. The van der Waals surface area contributed by atoms with E-state index in [-0.39, 0.29) is 49.8 Å². The van der Waals surface area contributed by atoms with Crippen molar-refractivity contribution in [2.75, 3.05) is 19.7 Å². The van der Waals surface area contributed by atoms with E-state index in [1.54, 1.807) is 11.8 Å². The fourth-order valence-corrected chi connectivity index (χ4v) is 4.03. The van der Waals surface area contributed by atoms with Crippen LogP contribution in [0.15, 0.2) is 42.6 Å². The lowest BCUT2D eigenvalue weighted by Crippen LogP contribution is -2.46. The Morgan fingerprint density at radius 1 is 1.00 bits per heavy atom. The van der Waals surface area contributed by atoms with Crippen molar-refractivity contribution in [1.29, 1.82) is 0 Å². The summed E-state index contributed by atoms with van der Waals surface area (Å²) in [4.78, 5) is 41.2. The summed E-state index contributed by atoms with van der Waals surface area (Å²) in [7, 11) is 0. The number of rotatable bonds is 13. The molecule has 0 bridgehead atoms. The fraction of sp³-hybridized carbons (Fsp3) is 0.519. The van der Waals surface area contributed by atoms with E-state index in [9.17, 15) is 14.4 Å². The Hall–Kier alpha value is -2.80. The lowest BCUT2D eigenvalue weighted by atomic mass is 10.2. The Balaban J connectivity index is 2.13. The van der Waals surface area contributed by atoms with E-state index < -0.39 is 5.97 Å². The van der Waals surface area contributed by atoms with Gasteiger partial charge in [0.2, 0.25) is 11.8 Å². The number of esters is 1. The van der Waals surface area contributed by atoms with E-state index in [2.05, 4.69) is 18.4 Å². The Bertz CT molecular complexity index is 986. The van der Waals surface area contributed by atoms with E-state index in [4.69, 9.17) is 16.3 Å². The average molecular weight is 504 g/mol. The van der Waals surface area contributed by atoms with Crippen molar-refractivity contribution in [3.63, 3.8) is 0 Å². The van der Waals surface area contributed by atoms with Crippen molar-refractivity contribution < 1.29 is 19.1 Å². The van der Waals surface area contributed by atoms with E-state index in [0.29, 0.717) is 24.7 Å². The van der Waals surface area contributed by atoms with Gasteiger partial charge in [-0.1, -0.05) is 43.6 Å². The van der Waals surface area contributed by atoms with E-state index >= 15 is 0 Å². The third kappa shape index (κ3) is 9.06. The van der Waals surface area contributed by atoms with Gasteiger partial charge < -0.3 is 19.1 Å². The molecule has 0 aliphatic rings. The molecule has 1 aromatic carbocycles. The molecule has 2 amide bonds. The van der Waals surface area contributed by atoms with E-state index in [0.717, 1.165) is 11.3 Å². The fourth-order valence-electron chi connectivity index (χ4n) is 3.84. The highest BCUT2D eigenvalue weighted by Crippen LogP contribution is 2.19. The molecule has 0 aliphatic heterocycles. The zero-order valence-electron chi connectivity index (χ0n) is 21.5. The molecule has 192 valence electrons. The quantitative estimate of drug-likeness (QED) is 0.370. The average Bonchev–Trinajstić information content (AvgIpc) is 3.23. The largest absolute Gasteiger partial charge is 0.466 e. The van der Waals surface area contributed by atoms with Crippen LogP contribution in [0.1, 0.15) is 58.7 Å².